The van der Waals surface area contributed by atoms with Crippen molar-refractivity contribution in [3.63, 3.8) is 0 Å². The van der Waals surface area contributed by atoms with E-state index in [-0.39, 0.29) is 18.7 Å². The van der Waals surface area contributed by atoms with Gasteiger partial charge < -0.3 is 57.9 Å². The highest BCUT2D eigenvalue weighted by atomic mass is 32.1. The van der Waals surface area contributed by atoms with E-state index in [2.05, 4.69) is 54.5 Å². The smallest absolute Gasteiger partial charge is 0.326 e. The highest BCUT2D eigenvalue weighted by molar-refractivity contribution is 7.80. The predicted molar refractivity (Wildman–Crippen MR) is 159 cm³/mol. The Hall–Kier alpha value is -4.27. The number of carbonyl (C=O) groups is 7. The number of aliphatic carboxylic acids is 1. The molecule has 0 saturated heterocycles. The average molecular weight is 660 g/mol. The lowest BCUT2D eigenvalue weighted by Crippen LogP contribution is -2.60. The van der Waals surface area contributed by atoms with Crippen molar-refractivity contribution in [2.24, 2.45) is 11.7 Å². The number of carboxylic acid groups (broad SMARTS) is 1. The molecule has 45 heavy (non-hydrogen) atoms. The molecule has 1 aromatic rings. The van der Waals surface area contributed by atoms with Crippen molar-refractivity contribution >= 4 is 54.0 Å². The van der Waals surface area contributed by atoms with Gasteiger partial charge in [0, 0.05) is 24.1 Å². The van der Waals surface area contributed by atoms with Crippen LogP contribution in [0.15, 0.2) is 12.5 Å². The summed E-state index contributed by atoms with van der Waals surface area (Å²) in [6, 6.07) is -8.23. The average Bonchev–Trinajstić information content (AvgIpc) is 3.51. The Balaban J connectivity index is 2.79. The normalized spacial score (nSPS) is 14.9. The van der Waals surface area contributed by atoms with Crippen LogP contribution in [-0.4, -0.2) is 128 Å². The molecule has 1 rings (SSSR count). The SMILES string of the molecule is CC(C)[C@H](NC(=O)CN)C(=O)N[C@@H](CO)C(=O)N[C@@H](C)C(=O)N[C@@H](CS)C(=O)N[C@@H](CO)C(=O)N[C@@H](Cc1cnc[nH]1)C(=O)O. The van der Waals surface area contributed by atoms with Crippen molar-refractivity contribution in [2.45, 2.75) is 63.4 Å². The Morgan fingerprint density at radius 3 is 1.78 bits per heavy atom. The summed E-state index contributed by atoms with van der Waals surface area (Å²) in [7, 11) is 0. The highest BCUT2D eigenvalue weighted by Gasteiger charge is 2.32. The molecule has 0 aliphatic heterocycles. The van der Waals surface area contributed by atoms with Gasteiger partial charge in [0.15, 0.2) is 0 Å². The van der Waals surface area contributed by atoms with E-state index >= 15 is 0 Å². The molecule has 252 valence electrons. The molecule has 0 aromatic carbocycles. The largest absolute Gasteiger partial charge is 0.480 e. The molecule has 0 radical (unpaired) electrons. The maximum atomic E-state index is 12.8. The van der Waals surface area contributed by atoms with Crippen molar-refractivity contribution in [1.29, 1.82) is 0 Å². The molecule has 20 heteroatoms. The number of carboxylic acids is 1. The van der Waals surface area contributed by atoms with Crippen LogP contribution in [0.4, 0.5) is 0 Å². The fourth-order valence-corrected chi connectivity index (χ4v) is 3.91. The van der Waals surface area contributed by atoms with Gasteiger partial charge in [-0.05, 0) is 12.8 Å². The van der Waals surface area contributed by atoms with E-state index < -0.39 is 96.8 Å². The number of nitrogens with two attached hydrogens (primary N) is 1. The van der Waals surface area contributed by atoms with Crippen LogP contribution in [0.1, 0.15) is 26.5 Å². The first-order valence-electron chi connectivity index (χ1n) is 13.7. The van der Waals surface area contributed by atoms with E-state index in [1.165, 1.54) is 19.4 Å². The van der Waals surface area contributed by atoms with Gasteiger partial charge in [-0.2, -0.15) is 12.6 Å². The molecule has 0 aliphatic carbocycles. The maximum absolute atomic E-state index is 12.8. The summed E-state index contributed by atoms with van der Waals surface area (Å²) in [4.78, 5) is 93.2. The van der Waals surface area contributed by atoms with E-state index in [9.17, 15) is 48.9 Å². The fraction of sp³-hybridized carbons (Fsp3) is 0.600. The van der Waals surface area contributed by atoms with Crippen molar-refractivity contribution < 1.29 is 48.9 Å². The number of H-pyrrole nitrogens is 1. The standard InChI is InChI=1S/C25H41N9O10S/c1-11(2)19(34-18(37)5-26)24(42)32-15(7-35)21(39)29-12(3)20(38)33-17(9-45)23(41)31-16(8-36)22(40)30-14(25(43)44)4-13-6-27-10-28-13/h6,10-12,14-17,19,35-36,45H,4-5,7-9,26H2,1-3H3,(H,27,28)(H,29,39)(H,30,40)(H,31,41)(H,32,42)(H,33,38)(H,34,37)(H,43,44)/t12-,14-,15-,16-,17-,19-/m0/s1. The summed E-state index contributed by atoms with van der Waals surface area (Å²) in [5, 5.41) is 42.5. The monoisotopic (exact) mass is 659 g/mol. The number of aliphatic hydroxyl groups excluding tert-OH is 2. The Kier molecular flexibility index (Phi) is 16.5. The van der Waals surface area contributed by atoms with Gasteiger partial charge >= 0.3 is 5.97 Å². The first kappa shape index (κ1) is 38.8. The minimum absolute atomic E-state index is 0.157. The van der Waals surface area contributed by atoms with E-state index in [4.69, 9.17) is 5.73 Å². The predicted octanol–water partition coefficient (Wildman–Crippen LogP) is -5.51. The summed E-state index contributed by atoms with van der Waals surface area (Å²) < 4.78 is 0. The number of imidazole rings is 1. The number of amides is 6. The van der Waals surface area contributed by atoms with Crippen LogP contribution in [0.3, 0.4) is 0 Å². The maximum Gasteiger partial charge on any atom is 0.326 e. The van der Waals surface area contributed by atoms with Crippen LogP contribution >= 0.6 is 12.6 Å². The van der Waals surface area contributed by atoms with Crippen molar-refractivity contribution in [2.75, 3.05) is 25.5 Å². The Morgan fingerprint density at radius 1 is 0.800 bits per heavy atom. The van der Waals surface area contributed by atoms with E-state index in [1.807, 2.05) is 0 Å². The highest BCUT2D eigenvalue weighted by Crippen LogP contribution is 2.03. The van der Waals surface area contributed by atoms with Crippen LogP contribution in [0.5, 0.6) is 0 Å². The fourth-order valence-electron chi connectivity index (χ4n) is 3.65. The molecule has 1 aromatic heterocycles. The number of aromatic amines is 1. The van der Waals surface area contributed by atoms with Gasteiger partial charge in [0.05, 0.1) is 26.1 Å². The number of rotatable bonds is 19. The summed E-state index contributed by atoms with van der Waals surface area (Å²) in [6.07, 6.45) is 2.53. The van der Waals surface area contributed by atoms with Crippen LogP contribution in [-0.2, 0) is 40.0 Å². The van der Waals surface area contributed by atoms with E-state index in [0.29, 0.717) is 5.69 Å². The molecule has 0 bridgehead atoms. The summed E-state index contributed by atoms with van der Waals surface area (Å²) in [5.41, 5.74) is 5.68. The Labute approximate surface area is 263 Å². The van der Waals surface area contributed by atoms with E-state index in [1.54, 1.807) is 13.8 Å². The van der Waals surface area contributed by atoms with Gasteiger partial charge in [0.2, 0.25) is 35.4 Å². The topological polar surface area (TPSA) is 307 Å². The minimum Gasteiger partial charge on any atom is -0.480 e. The zero-order valence-electron chi connectivity index (χ0n) is 24.9. The first-order chi connectivity index (χ1) is 21.2. The minimum atomic E-state index is -1.59. The molecule has 0 unspecified atom stereocenters. The number of nitrogens with one attached hydrogen (secondary N) is 7. The number of carbonyl (C=O) groups excluding carboxylic acids is 6. The van der Waals surface area contributed by atoms with Gasteiger partial charge in [-0.1, -0.05) is 13.8 Å². The van der Waals surface area contributed by atoms with Crippen LogP contribution < -0.4 is 37.6 Å². The summed E-state index contributed by atoms with van der Waals surface area (Å²) >= 11 is 4.02. The van der Waals surface area contributed by atoms with Gasteiger partial charge in [-0.3, -0.25) is 28.8 Å². The number of aromatic nitrogens is 2. The molecular formula is C25H41N9O10S. The zero-order chi connectivity index (χ0) is 34.3. The quantitative estimate of drug-likeness (QED) is 0.0619. The second kappa shape index (κ2) is 19.2. The van der Waals surface area contributed by atoms with Crippen molar-refractivity contribution in [3.05, 3.63) is 18.2 Å². The van der Waals surface area contributed by atoms with Crippen LogP contribution in [0.2, 0.25) is 0 Å². The zero-order valence-corrected chi connectivity index (χ0v) is 25.8. The van der Waals surface area contributed by atoms with Gasteiger partial charge in [0.1, 0.15) is 36.3 Å². The third kappa shape index (κ3) is 12.7. The second-order valence-corrected chi connectivity index (χ2v) is 10.5. The Bertz CT molecular complexity index is 1180. The van der Waals surface area contributed by atoms with Gasteiger partial charge in [0.25, 0.3) is 0 Å². The number of aliphatic hydroxyl groups is 2. The Morgan fingerprint density at radius 2 is 1.31 bits per heavy atom. The lowest BCUT2D eigenvalue weighted by atomic mass is 10.0. The lowest BCUT2D eigenvalue weighted by Gasteiger charge is -2.26. The molecular weight excluding hydrogens is 618 g/mol. The molecule has 0 aliphatic rings. The summed E-state index contributed by atoms with van der Waals surface area (Å²) in [5.74, 6) is -7.23. The number of hydrogen-bond acceptors (Lipinski definition) is 12. The third-order valence-electron chi connectivity index (χ3n) is 6.24. The molecule has 12 N–H and O–H groups in total. The first-order valence-corrected chi connectivity index (χ1v) is 14.4. The molecule has 6 amide bonds. The molecule has 0 spiro atoms. The molecule has 1 heterocycles. The summed E-state index contributed by atoms with van der Waals surface area (Å²) in [6.45, 7) is 2.41. The number of hydrogen-bond donors (Lipinski definition) is 12. The number of nitrogens with zero attached hydrogens (tertiary/aromatic N) is 1. The van der Waals surface area contributed by atoms with Crippen molar-refractivity contribution in [3.8, 4) is 0 Å². The lowest BCUT2D eigenvalue weighted by molar-refractivity contribution is -0.142. The van der Waals surface area contributed by atoms with Gasteiger partial charge in [-0.15, -0.1) is 0 Å². The van der Waals surface area contributed by atoms with E-state index in [0.717, 1.165) is 0 Å². The third-order valence-corrected chi connectivity index (χ3v) is 6.61. The van der Waals surface area contributed by atoms with Gasteiger partial charge in [-0.25, -0.2) is 9.78 Å². The van der Waals surface area contributed by atoms with Crippen LogP contribution in [0, 0.1) is 5.92 Å². The molecule has 0 saturated carbocycles. The second-order valence-electron chi connectivity index (χ2n) is 10.1. The molecule has 6 atom stereocenters. The number of thiol groups is 1. The van der Waals surface area contributed by atoms with Crippen LogP contribution in [0.25, 0.3) is 0 Å². The molecule has 19 nitrogen and oxygen atoms in total. The van der Waals surface area contributed by atoms with Crippen molar-refractivity contribution in [1.82, 2.24) is 41.9 Å². The molecule has 0 fully saturated rings.